The zero-order valence-corrected chi connectivity index (χ0v) is 12.1. The van der Waals surface area contributed by atoms with Crippen LogP contribution in [0.2, 0.25) is 0 Å². The molecule has 2 rings (SSSR count). The van der Waals surface area contributed by atoms with Crippen molar-refractivity contribution >= 4 is 6.29 Å². The second kappa shape index (κ2) is 5.77. The molecule has 106 valence electrons. The lowest BCUT2D eigenvalue weighted by Gasteiger charge is -2.11. The summed E-state index contributed by atoms with van der Waals surface area (Å²) in [5, 5.41) is 4.41. The molecule has 20 heavy (non-hydrogen) atoms. The van der Waals surface area contributed by atoms with Crippen LogP contribution in [0.5, 0.6) is 11.5 Å². The second-order valence-corrected chi connectivity index (χ2v) is 4.40. The van der Waals surface area contributed by atoms with Gasteiger partial charge in [-0.2, -0.15) is 5.10 Å². The number of carbonyl (C=O) groups is 1. The van der Waals surface area contributed by atoms with Crippen molar-refractivity contribution in [2.24, 2.45) is 0 Å². The van der Waals surface area contributed by atoms with Crippen molar-refractivity contribution in [2.45, 2.75) is 20.4 Å². The Bertz CT molecular complexity index is 632. The average molecular weight is 274 g/mol. The molecule has 0 aliphatic rings. The van der Waals surface area contributed by atoms with Crippen molar-refractivity contribution in [1.82, 2.24) is 9.78 Å². The van der Waals surface area contributed by atoms with Crippen LogP contribution in [0, 0.1) is 6.92 Å². The molecule has 0 fully saturated rings. The third-order valence-corrected chi connectivity index (χ3v) is 3.24. The first kappa shape index (κ1) is 14.1. The fourth-order valence-corrected chi connectivity index (χ4v) is 2.17. The number of hydrogen-bond donors (Lipinski definition) is 0. The lowest BCUT2D eigenvalue weighted by Crippen LogP contribution is -1.95. The molecule has 2 aromatic rings. The summed E-state index contributed by atoms with van der Waals surface area (Å²) in [7, 11) is 3.12. The number of ether oxygens (including phenoxy) is 2. The van der Waals surface area contributed by atoms with Crippen molar-refractivity contribution in [3.8, 4) is 22.6 Å². The summed E-state index contributed by atoms with van der Waals surface area (Å²) in [5.41, 5.74) is 3.16. The predicted octanol–water partition coefficient (Wildman–Crippen LogP) is 2.71. The van der Waals surface area contributed by atoms with Crippen LogP contribution >= 0.6 is 0 Å². The lowest BCUT2D eigenvalue weighted by atomic mass is 10.0. The Morgan fingerprint density at radius 1 is 1.20 bits per heavy atom. The summed E-state index contributed by atoms with van der Waals surface area (Å²) in [5.74, 6) is 1.13. The van der Waals surface area contributed by atoms with Gasteiger partial charge in [0.05, 0.1) is 19.9 Å². The van der Waals surface area contributed by atoms with E-state index in [4.69, 9.17) is 9.47 Å². The molecule has 1 aromatic heterocycles. The van der Waals surface area contributed by atoms with Crippen molar-refractivity contribution in [1.29, 1.82) is 0 Å². The highest BCUT2D eigenvalue weighted by Crippen LogP contribution is 2.36. The maximum absolute atomic E-state index is 11.3. The average Bonchev–Trinajstić information content (AvgIpc) is 2.86. The van der Waals surface area contributed by atoms with Gasteiger partial charge in [0.15, 0.2) is 17.8 Å². The number of benzene rings is 1. The van der Waals surface area contributed by atoms with Crippen LogP contribution in [0.3, 0.4) is 0 Å². The van der Waals surface area contributed by atoms with E-state index in [2.05, 4.69) is 5.10 Å². The molecule has 5 heteroatoms. The summed E-state index contributed by atoms with van der Waals surface area (Å²) in [6, 6.07) is 3.50. The Hall–Kier alpha value is -2.30. The number of methoxy groups -OCH3 is 2. The number of aromatic nitrogens is 2. The monoisotopic (exact) mass is 274 g/mol. The fraction of sp³-hybridized carbons (Fsp3) is 0.333. The Balaban J connectivity index is 2.65. The van der Waals surface area contributed by atoms with Gasteiger partial charge in [-0.15, -0.1) is 0 Å². The zero-order chi connectivity index (χ0) is 14.7. The zero-order valence-electron chi connectivity index (χ0n) is 12.1. The molecule has 0 saturated heterocycles. The van der Waals surface area contributed by atoms with Gasteiger partial charge in [0, 0.05) is 23.9 Å². The van der Waals surface area contributed by atoms with Crippen LogP contribution in [0.4, 0.5) is 0 Å². The minimum absolute atomic E-state index is 0.541. The molecule has 0 unspecified atom stereocenters. The molecule has 0 amide bonds. The van der Waals surface area contributed by atoms with E-state index in [9.17, 15) is 4.79 Å². The number of rotatable bonds is 5. The summed E-state index contributed by atoms with van der Waals surface area (Å²) in [4.78, 5) is 11.3. The van der Waals surface area contributed by atoms with Crippen LogP contribution in [0.25, 0.3) is 11.1 Å². The van der Waals surface area contributed by atoms with E-state index in [0.29, 0.717) is 17.1 Å². The highest BCUT2D eigenvalue weighted by molar-refractivity contribution is 5.89. The predicted molar refractivity (Wildman–Crippen MR) is 76.6 cm³/mol. The lowest BCUT2D eigenvalue weighted by molar-refractivity contribution is 0.112. The van der Waals surface area contributed by atoms with Gasteiger partial charge in [-0.25, -0.2) is 0 Å². The van der Waals surface area contributed by atoms with Gasteiger partial charge in [0.25, 0.3) is 0 Å². The molecule has 0 atom stereocenters. The van der Waals surface area contributed by atoms with Crippen molar-refractivity contribution in [3.05, 3.63) is 29.6 Å². The number of aryl methyl sites for hydroxylation is 2. The maximum atomic E-state index is 11.3. The van der Waals surface area contributed by atoms with Gasteiger partial charge >= 0.3 is 0 Å². The smallest absolute Gasteiger partial charge is 0.161 e. The molecule has 0 radical (unpaired) electrons. The van der Waals surface area contributed by atoms with Crippen LogP contribution in [-0.2, 0) is 6.54 Å². The molecule has 0 saturated carbocycles. The molecule has 5 nitrogen and oxygen atoms in total. The summed E-state index contributed by atoms with van der Waals surface area (Å²) in [6.07, 6.45) is 2.75. The Morgan fingerprint density at radius 3 is 2.35 bits per heavy atom. The second-order valence-electron chi connectivity index (χ2n) is 4.40. The summed E-state index contributed by atoms with van der Waals surface area (Å²) in [6.45, 7) is 4.72. The number of nitrogens with zero attached hydrogens (tertiary/aromatic N) is 2. The summed E-state index contributed by atoms with van der Waals surface area (Å²) < 4.78 is 12.4. The van der Waals surface area contributed by atoms with E-state index < -0.39 is 0 Å². The van der Waals surface area contributed by atoms with E-state index in [1.807, 2.05) is 30.8 Å². The summed E-state index contributed by atoms with van der Waals surface area (Å²) >= 11 is 0. The van der Waals surface area contributed by atoms with Crippen LogP contribution < -0.4 is 9.47 Å². The van der Waals surface area contributed by atoms with Crippen molar-refractivity contribution in [2.75, 3.05) is 14.2 Å². The van der Waals surface area contributed by atoms with Crippen LogP contribution in [0.15, 0.2) is 18.3 Å². The normalized spacial score (nSPS) is 10.4. The fourth-order valence-electron chi connectivity index (χ4n) is 2.17. The highest BCUT2D eigenvalue weighted by Gasteiger charge is 2.15. The first-order chi connectivity index (χ1) is 9.64. The molecular formula is C15H18N2O3. The Labute approximate surface area is 118 Å². The Kier molecular flexibility index (Phi) is 4.08. The third kappa shape index (κ3) is 2.39. The van der Waals surface area contributed by atoms with Crippen molar-refractivity contribution < 1.29 is 14.3 Å². The van der Waals surface area contributed by atoms with Gasteiger partial charge in [0.1, 0.15) is 0 Å². The third-order valence-electron chi connectivity index (χ3n) is 3.24. The van der Waals surface area contributed by atoms with E-state index in [1.54, 1.807) is 20.3 Å². The topological polar surface area (TPSA) is 53.4 Å². The first-order valence-electron chi connectivity index (χ1n) is 6.40. The number of hydrogen-bond acceptors (Lipinski definition) is 4. The Morgan fingerprint density at radius 2 is 1.85 bits per heavy atom. The number of aldehydes is 1. The standard InChI is InChI=1S/C15H18N2O3/c1-5-17-8-13(10(2)16-17)12-7-15(20-4)14(19-3)6-11(12)9-18/h6-9H,5H2,1-4H3. The molecule has 0 spiro atoms. The SMILES string of the molecule is CCn1cc(-c2cc(OC)c(OC)cc2C=O)c(C)n1. The van der Waals surface area contributed by atoms with E-state index in [1.165, 1.54) is 0 Å². The molecular weight excluding hydrogens is 256 g/mol. The van der Waals surface area contributed by atoms with Gasteiger partial charge in [0.2, 0.25) is 0 Å². The van der Waals surface area contributed by atoms with E-state index in [-0.39, 0.29) is 0 Å². The highest BCUT2D eigenvalue weighted by atomic mass is 16.5. The molecule has 1 aromatic carbocycles. The van der Waals surface area contributed by atoms with Gasteiger partial charge < -0.3 is 9.47 Å². The number of carbonyl (C=O) groups excluding carboxylic acids is 1. The molecule has 0 aliphatic carbocycles. The van der Waals surface area contributed by atoms with E-state index >= 15 is 0 Å². The first-order valence-corrected chi connectivity index (χ1v) is 6.40. The molecule has 0 bridgehead atoms. The minimum atomic E-state index is 0.541. The molecule has 0 aliphatic heterocycles. The maximum Gasteiger partial charge on any atom is 0.161 e. The minimum Gasteiger partial charge on any atom is -0.493 e. The van der Waals surface area contributed by atoms with Gasteiger partial charge in [-0.3, -0.25) is 9.48 Å². The van der Waals surface area contributed by atoms with Gasteiger partial charge in [-0.1, -0.05) is 0 Å². The molecule has 0 N–H and O–H groups in total. The van der Waals surface area contributed by atoms with Crippen LogP contribution in [-0.4, -0.2) is 30.3 Å². The quantitative estimate of drug-likeness (QED) is 0.787. The van der Waals surface area contributed by atoms with Crippen molar-refractivity contribution in [3.63, 3.8) is 0 Å². The van der Waals surface area contributed by atoms with Gasteiger partial charge in [-0.05, 0) is 31.5 Å². The largest absolute Gasteiger partial charge is 0.493 e. The van der Waals surface area contributed by atoms with Crippen LogP contribution in [0.1, 0.15) is 23.0 Å². The molecule has 1 heterocycles. The van der Waals surface area contributed by atoms with E-state index in [0.717, 1.165) is 29.7 Å².